The van der Waals surface area contributed by atoms with Crippen LogP contribution in [0.1, 0.15) is 11.4 Å². The topological polar surface area (TPSA) is 92.0 Å². The maximum Gasteiger partial charge on any atom is 0.186 e. The van der Waals surface area contributed by atoms with Gasteiger partial charge >= 0.3 is 0 Å². The van der Waals surface area contributed by atoms with Crippen molar-refractivity contribution in [3.63, 3.8) is 0 Å². The van der Waals surface area contributed by atoms with E-state index in [1.54, 1.807) is 48.8 Å². The first kappa shape index (κ1) is 17.4. The molecule has 0 unspecified atom stereocenters. The summed E-state index contributed by atoms with van der Waals surface area (Å²) in [5.74, 6) is -0.716. The summed E-state index contributed by atoms with van der Waals surface area (Å²) in [6.07, 6.45) is 3.34. The summed E-state index contributed by atoms with van der Waals surface area (Å²) >= 11 is 0. The molecule has 4 heterocycles. The molecule has 0 amide bonds. The number of aromatic nitrogens is 4. The van der Waals surface area contributed by atoms with Gasteiger partial charge in [0.25, 0.3) is 0 Å². The first-order valence-electron chi connectivity index (χ1n) is 8.62. The van der Waals surface area contributed by atoms with Crippen LogP contribution in [0.2, 0.25) is 0 Å². The number of nitrogens with zero attached hydrogens (tertiary/aromatic N) is 4. The Morgan fingerprint density at radius 3 is 1.32 bits per heavy atom. The molecular weight excluding hydrogens is 352 g/mol. The largest absolute Gasteiger partial charge is 0.503 e. The van der Waals surface area contributed by atoms with Gasteiger partial charge in [-0.05, 0) is 48.5 Å². The molecule has 0 aliphatic heterocycles. The molecule has 2 N–H and O–H groups in total. The maximum absolute atomic E-state index is 10.6. The fourth-order valence-corrected chi connectivity index (χ4v) is 2.69. The number of rotatable bonds is 4. The molecule has 136 valence electrons. The predicted octanol–water partition coefficient (Wildman–Crippen LogP) is 4.54. The number of aliphatic hydroxyl groups excluding tert-OH is 2. The second-order valence-electron chi connectivity index (χ2n) is 5.94. The zero-order valence-corrected chi connectivity index (χ0v) is 14.8. The standard InChI is InChI=1S/C22H16N4O2/c27-21(19-11-5-9-17(25-19)15-7-1-3-13-23-15)22(28)20-12-6-10-18(26-20)16-8-2-4-14-24-16/h1-14,27-28H/b22-21+. The average molecular weight is 368 g/mol. The molecule has 0 spiro atoms. The summed E-state index contributed by atoms with van der Waals surface area (Å²) in [4.78, 5) is 17.3. The van der Waals surface area contributed by atoms with E-state index < -0.39 is 0 Å². The summed E-state index contributed by atoms with van der Waals surface area (Å²) in [5.41, 5.74) is 2.98. The van der Waals surface area contributed by atoms with E-state index in [1.165, 1.54) is 0 Å². The zero-order valence-electron chi connectivity index (χ0n) is 14.8. The summed E-state index contributed by atoms with van der Waals surface area (Å²) in [6, 6.07) is 21.3. The number of hydrogen-bond acceptors (Lipinski definition) is 6. The Balaban J connectivity index is 1.72. The molecule has 0 saturated carbocycles. The van der Waals surface area contributed by atoms with Crippen molar-refractivity contribution < 1.29 is 10.2 Å². The summed E-state index contributed by atoms with van der Waals surface area (Å²) in [5, 5.41) is 21.1. The van der Waals surface area contributed by atoms with Gasteiger partial charge in [-0.2, -0.15) is 0 Å². The first-order valence-corrected chi connectivity index (χ1v) is 8.62. The number of hydrogen-bond donors (Lipinski definition) is 2. The highest BCUT2D eigenvalue weighted by molar-refractivity contribution is 5.80. The van der Waals surface area contributed by atoms with Gasteiger partial charge in [-0.3, -0.25) is 9.97 Å². The van der Waals surface area contributed by atoms with Crippen molar-refractivity contribution in [1.29, 1.82) is 0 Å². The number of aliphatic hydroxyl groups is 2. The summed E-state index contributed by atoms with van der Waals surface area (Å²) in [7, 11) is 0. The fraction of sp³-hybridized carbons (Fsp3) is 0. The van der Waals surface area contributed by atoms with Crippen LogP contribution in [0.25, 0.3) is 34.3 Å². The minimum Gasteiger partial charge on any atom is -0.503 e. The first-order chi connectivity index (χ1) is 13.7. The molecule has 0 bridgehead atoms. The minimum absolute atomic E-state index is 0.227. The van der Waals surface area contributed by atoms with Crippen LogP contribution in [-0.4, -0.2) is 30.1 Å². The highest BCUT2D eigenvalue weighted by Crippen LogP contribution is 2.24. The molecule has 0 radical (unpaired) electrons. The Morgan fingerprint density at radius 1 is 0.500 bits per heavy atom. The Labute approximate surface area is 161 Å². The van der Waals surface area contributed by atoms with Gasteiger partial charge in [0.2, 0.25) is 0 Å². The van der Waals surface area contributed by atoms with E-state index in [0.29, 0.717) is 22.8 Å². The van der Waals surface area contributed by atoms with Crippen LogP contribution >= 0.6 is 0 Å². The van der Waals surface area contributed by atoms with Crippen molar-refractivity contribution >= 4 is 11.5 Å². The van der Waals surface area contributed by atoms with E-state index in [0.717, 1.165) is 0 Å². The van der Waals surface area contributed by atoms with Gasteiger partial charge in [0.05, 0.1) is 22.8 Å². The third-order valence-electron chi connectivity index (χ3n) is 4.06. The maximum atomic E-state index is 10.6. The lowest BCUT2D eigenvalue weighted by Crippen LogP contribution is -1.98. The molecule has 4 rings (SSSR count). The minimum atomic E-state index is -0.358. The highest BCUT2D eigenvalue weighted by Gasteiger charge is 2.14. The van der Waals surface area contributed by atoms with Crippen molar-refractivity contribution in [2.45, 2.75) is 0 Å². The summed E-state index contributed by atoms with van der Waals surface area (Å²) in [6.45, 7) is 0. The Kier molecular flexibility index (Phi) is 4.76. The molecule has 0 fully saturated rings. The van der Waals surface area contributed by atoms with Crippen molar-refractivity contribution in [3.8, 4) is 22.8 Å². The van der Waals surface area contributed by atoms with Crippen LogP contribution in [0, 0.1) is 0 Å². The van der Waals surface area contributed by atoms with Gasteiger partial charge < -0.3 is 10.2 Å². The van der Waals surface area contributed by atoms with Crippen LogP contribution in [0.5, 0.6) is 0 Å². The van der Waals surface area contributed by atoms with E-state index in [2.05, 4.69) is 19.9 Å². The average Bonchev–Trinajstić information content (AvgIpc) is 2.79. The molecule has 0 saturated heterocycles. The molecule has 28 heavy (non-hydrogen) atoms. The van der Waals surface area contributed by atoms with Gasteiger partial charge in [0.1, 0.15) is 11.4 Å². The summed E-state index contributed by atoms with van der Waals surface area (Å²) < 4.78 is 0. The predicted molar refractivity (Wildman–Crippen MR) is 107 cm³/mol. The zero-order chi connectivity index (χ0) is 19.3. The molecule has 0 aliphatic carbocycles. The van der Waals surface area contributed by atoms with Gasteiger partial charge in [0.15, 0.2) is 11.5 Å². The molecule has 6 nitrogen and oxygen atoms in total. The third-order valence-corrected chi connectivity index (χ3v) is 4.06. The Bertz CT molecular complexity index is 1040. The second-order valence-corrected chi connectivity index (χ2v) is 5.94. The quantitative estimate of drug-likeness (QED) is 0.514. The van der Waals surface area contributed by atoms with Gasteiger partial charge in [-0.1, -0.05) is 24.3 Å². The lowest BCUT2D eigenvalue weighted by atomic mass is 10.1. The SMILES string of the molecule is O/C(=C(/O)c1cccc(-c2ccccn2)n1)c1cccc(-c2ccccn2)n1. The Morgan fingerprint density at radius 2 is 0.929 bits per heavy atom. The lowest BCUT2D eigenvalue weighted by molar-refractivity contribution is 0.456. The van der Waals surface area contributed by atoms with Crippen molar-refractivity contribution in [1.82, 2.24) is 19.9 Å². The molecule has 0 aliphatic rings. The third kappa shape index (κ3) is 3.57. The van der Waals surface area contributed by atoms with Crippen LogP contribution in [0.4, 0.5) is 0 Å². The monoisotopic (exact) mass is 368 g/mol. The number of pyridine rings is 4. The highest BCUT2D eigenvalue weighted by atomic mass is 16.3. The fourth-order valence-electron chi connectivity index (χ4n) is 2.69. The Hall–Kier alpha value is -4.06. The lowest BCUT2D eigenvalue weighted by Gasteiger charge is -2.07. The molecule has 4 aromatic heterocycles. The van der Waals surface area contributed by atoms with E-state index in [-0.39, 0.29) is 22.9 Å². The van der Waals surface area contributed by atoms with Gasteiger partial charge in [0, 0.05) is 12.4 Å². The second kappa shape index (κ2) is 7.67. The smallest absolute Gasteiger partial charge is 0.186 e. The van der Waals surface area contributed by atoms with Crippen molar-refractivity contribution in [3.05, 3.63) is 96.6 Å². The molecular formula is C22H16N4O2. The van der Waals surface area contributed by atoms with E-state index in [1.807, 2.05) is 36.4 Å². The van der Waals surface area contributed by atoms with Crippen LogP contribution in [-0.2, 0) is 0 Å². The van der Waals surface area contributed by atoms with Crippen molar-refractivity contribution in [2.24, 2.45) is 0 Å². The molecule has 0 atom stereocenters. The van der Waals surface area contributed by atoms with Gasteiger partial charge in [-0.15, -0.1) is 0 Å². The molecule has 6 heteroatoms. The van der Waals surface area contributed by atoms with E-state index in [4.69, 9.17) is 0 Å². The normalized spacial score (nSPS) is 11.7. The molecule has 0 aromatic carbocycles. The van der Waals surface area contributed by atoms with Crippen LogP contribution in [0.3, 0.4) is 0 Å². The van der Waals surface area contributed by atoms with Gasteiger partial charge in [-0.25, -0.2) is 9.97 Å². The van der Waals surface area contributed by atoms with Crippen molar-refractivity contribution in [2.75, 3.05) is 0 Å². The van der Waals surface area contributed by atoms with Crippen LogP contribution < -0.4 is 0 Å². The van der Waals surface area contributed by atoms with E-state index in [9.17, 15) is 10.2 Å². The van der Waals surface area contributed by atoms with Crippen LogP contribution in [0.15, 0.2) is 85.2 Å². The molecule has 4 aromatic rings. The van der Waals surface area contributed by atoms with E-state index >= 15 is 0 Å².